The van der Waals surface area contributed by atoms with Gasteiger partial charge in [0.1, 0.15) is 0 Å². The van der Waals surface area contributed by atoms with Gasteiger partial charge < -0.3 is 5.11 Å². The average Bonchev–Trinajstić information content (AvgIpc) is 2.36. The number of aliphatic hydroxyl groups excluding tert-OH is 1. The highest BCUT2D eigenvalue weighted by atomic mass is 32.2. The molecule has 0 heterocycles. The van der Waals surface area contributed by atoms with Gasteiger partial charge in [0.05, 0.1) is 16.5 Å². The monoisotopic (exact) mass is 254 g/mol. The highest BCUT2D eigenvalue weighted by Crippen LogP contribution is 2.10. The number of nitriles is 1. The average molecular weight is 254 g/mol. The van der Waals surface area contributed by atoms with Crippen LogP contribution in [0.5, 0.6) is 0 Å². The number of hydrogen-bond donors (Lipinski definition) is 2. The van der Waals surface area contributed by atoms with Crippen molar-refractivity contribution in [3.63, 3.8) is 0 Å². The fourth-order valence-corrected chi connectivity index (χ4v) is 2.27. The molecule has 0 bridgehead atoms. The molecule has 2 N–H and O–H groups in total. The van der Waals surface area contributed by atoms with Crippen LogP contribution in [0.15, 0.2) is 29.2 Å². The molecule has 0 radical (unpaired) electrons. The lowest BCUT2D eigenvalue weighted by Crippen LogP contribution is -2.29. The van der Waals surface area contributed by atoms with E-state index in [9.17, 15) is 8.42 Å². The second kappa shape index (κ2) is 5.77. The molecule has 0 saturated carbocycles. The van der Waals surface area contributed by atoms with Gasteiger partial charge in [-0.05, 0) is 30.2 Å². The van der Waals surface area contributed by atoms with E-state index in [4.69, 9.17) is 10.4 Å². The number of benzene rings is 1. The molecule has 0 amide bonds. The Bertz CT molecular complexity index is 503. The van der Waals surface area contributed by atoms with E-state index < -0.39 is 10.0 Å². The summed E-state index contributed by atoms with van der Waals surface area (Å²) in [4.78, 5) is 0.113. The van der Waals surface area contributed by atoms with E-state index in [-0.39, 0.29) is 24.0 Å². The summed E-state index contributed by atoms with van der Waals surface area (Å²) in [6.45, 7) is 1.84. The first-order valence-corrected chi connectivity index (χ1v) is 6.58. The lowest BCUT2D eigenvalue weighted by Gasteiger charge is -2.10. The van der Waals surface area contributed by atoms with E-state index in [1.807, 2.05) is 6.07 Å². The SMILES string of the molecule is CC(CO)CNS(=O)(=O)c1ccc(C#N)cc1. The Labute approximate surface area is 101 Å². The van der Waals surface area contributed by atoms with E-state index in [1.165, 1.54) is 24.3 Å². The first kappa shape index (κ1) is 13.6. The summed E-state index contributed by atoms with van der Waals surface area (Å²) in [6, 6.07) is 7.57. The Kier molecular flexibility index (Phi) is 4.63. The molecule has 5 nitrogen and oxygen atoms in total. The standard InChI is InChI=1S/C11H14N2O3S/c1-9(8-14)7-13-17(15,16)11-4-2-10(6-12)3-5-11/h2-5,9,13-14H,7-8H2,1H3. The Hall–Kier alpha value is -1.42. The zero-order valence-corrected chi connectivity index (χ0v) is 10.2. The van der Waals surface area contributed by atoms with Crippen LogP contribution in [0.1, 0.15) is 12.5 Å². The summed E-state index contributed by atoms with van der Waals surface area (Å²) in [5.74, 6) is -0.136. The molecule has 6 heteroatoms. The maximum Gasteiger partial charge on any atom is 0.240 e. The number of sulfonamides is 1. The summed E-state index contributed by atoms with van der Waals surface area (Å²) in [6.07, 6.45) is 0. The van der Waals surface area contributed by atoms with Gasteiger partial charge in [0.25, 0.3) is 0 Å². The third kappa shape index (κ3) is 3.82. The van der Waals surface area contributed by atoms with Crippen LogP contribution in [0.2, 0.25) is 0 Å². The van der Waals surface area contributed by atoms with Crippen LogP contribution in [-0.4, -0.2) is 26.7 Å². The van der Waals surface area contributed by atoms with Crippen LogP contribution >= 0.6 is 0 Å². The number of nitrogens with zero attached hydrogens (tertiary/aromatic N) is 1. The summed E-state index contributed by atoms with van der Waals surface area (Å²) in [5.41, 5.74) is 0.410. The molecule has 0 aliphatic rings. The molecule has 1 rings (SSSR count). The zero-order chi connectivity index (χ0) is 12.9. The molecule has 1 aromatic carbocycles. The van der Waals surface area contributed by atoms with Gasteiger partial charge in [-0.1, -0.05) is 6.92 Å². The fraction of sp³-hybridized carbons (Fsp3) is 0.364. The van der Waals surface area contributed by atoms with Crippen LogP contribution in [-0.2, 0) is 10.0 Å². The van der Waals surface area contributed by atoms with E-state index >= 15 is 0 Å². The van der Waals surface area contributed by atoms with Gasteiger partial charge >= 0.3 is 0 Å². The topological polar surface area (TPSA) is 90.2 Å². The molecular weight excluding hydrogens is 240 g/mol. The van der Waals surface area contributed by atoms with Gasteiger partial charge in [0, 0.05) is 13.2 Å². The number of aliphatic hydroxyl groups is 1. The van der Waals surface area contributed by atoms with Crippen LogP contribution in [0.25, 0.3) is 0 Å². The van der Waals surface area contributed by atoms with Crippen molar-refractivity contribution in [2.24, 2.45) is 5.92 Å². The quantitative estimate of drug-likeness (QED) is 0.799. The first-order valence-electron chi connectivity index (χ1n) is 5.10. The lowest BCUT2D eigenvalue weighted by atomic mass is 10.2. The van der Waals surface area contributed by atoms with E-state index in [0.29, 0.717) is 5.56 Å². The van der Waals surface area contributed by atoms with Crippen molar-refractivity contribution in [3.05, 3.63) is 29.8 Å². The minimum atomic E-state index is -3.56. The maximum atomic E-state index is 11.8. The lowest BCUT2D eigenvalue weighted by molar-refractivity contribution is 0.238. The largest absolute Gasteiger partial charge is 0.396 e. The fourth-order valence-electron chi connectivity index (χ4n) is 1.11. The molecule has 0 spiro atoms. The Morgan fingerprint density at radius 1 is 1.41 bits per heavy atom. The minimum Gasteiger partial charge on any atom is -0.396 e. The number of rotatable bonds is 5. The van der Waals surface area contributed by atoms with Crippen LogP contribution in [0.4, 0.5) is 0 Å². The molecule has 1 aromatic rings. The minimum absolute atomic E-state index is 0.0735. The normalized spacial score (nSPS) is 13.0. The van der Waals surface area contributed by atoms with Crippen LogP contribution < -0.4 is 4.72 Å². The highest BCUT2D eigenvalue weighted by molar-refractivity contribution is 7.89. The van der Waals surface area contributed by atoms with Crippen LogP contribution in [0, 0.1) is 17.2 Å². The first-order chi connectivity index (χ1) is 7.99. The Morgan fingerprint density at radius 2 is 2.00 bits per heavy atom. The van der Waals surface area contributed by atoms with Gasteiger partial charge in [-0.2, -0.15) is 5.26 Å². The third-order valence-corrected chi connectivity index (χ3v) is 3.67. The highest BCUT2D eigenvalue weighted by Gasteiger charge is 2.14. The molecule has 0 fully saturated rings. The summed E-state index contributed by atoms with van der Waals surface area (Å²) >= 11 is 0. The molecule has 0 saturated heterocycles. The summed E-state index contributed by atoms with van der Waals surface area (Å²) < 4.78 is 25.9. The Balaban J connectivity index is 2.79. The van der Waals surface area contributed by atoms with Crippen molar-refractivity contribution in [3.8, 4) is 6.07 Å². The van der Waals surface area contributed by atoms with Crippen molar-refractivity contribution in [2.75, 3.05) is 13.2 Å². The van der Waals surface area contributed by atoms with Crippen LogP contribution in [0.3, 0.4) is 0 Å². The van der Waals surface area contributed by atoms with Gasteiger partial charge in [-0.3, -0.25) is 0 Å². The van der Waals surface area contributed by atoms with Gasteiger partial charge in [0.15, 0.2) is 0 Å². The van der Waals surface area contributed by atoms with Crippen molar-refractivity contribution < 1.29 is 13.5 Å². The van der Waals surface area contributed by atoms with E-state index in [1.54, 1.807) is 6.92 Å². The van der Waals surface area contributed by atoms with Gasteiger partial charge in [-0.15, -0.1) is 0 Å². The maximum absolute atomic E-state index is 11.8. The van der Waals surface area contributed by atoms with Gasteiger partial charge in [-0.25, -0.2) is 13.1 Å². The predicted molar refractivity (Wildman–Crippen MR) is 62.6 cm³/mol. The summed E-state index contributed by atoms with van der Waals surface area (Å²) in [5, 5.41) is 17.4. The molecule has 1 unspecified atom stereocenters. The second-order valence-corrected chi connectivity index (χ2v) is 5.54. The van der Waals surface area contributed by atoms with Crippen molar-refractivity contribution >= 4 is 10.0 Å². The number of hydrogen-bond acceptors (Lipinski definition) is 4. The smallest absolute Gasteiger partial charge is 0.240 e. The predicted octanol–water partition coefficient (Wildman–Crippen LogP) is 0.465. The molecule has 0 aromatic heterocycles. The molecule has 0 aliphatic heterocycles. The van der Waals surface area contributed by atoms with E-state index in [0.717, 1.165) is 0 Å². The molecule has 17 heavy (non-hydrogen) atoms. The molecule has 0 aliphatic carbocycles. The summed E-state index contributed by atoms with van der Waals surface area (Å²) in [7, 11) is -3.56. The van der Waals surface area contributed by atoms with Crippen molar-refractivity contribution in [2.45, 2.75) is 11.8 Å². The zero-order valence-electron chi connectivity index (χ0n) is 9.42. The number of nitrogens with one attached hydrogen (secondary N) is 1. The third-order valence-electron chi connectivity index (χ3n) is 2.23. The molecule has 1 atom stereocenters. The molecular formula is C11H14N2O3S. The van der Waals surface area contributed by atoms with E-state index in [2.05, 4.69) is 4.72 Å². The molecule has 92 valence electrons. The van der Waals surface area contributed by atoms with Crippen molar-refractivity contribution in [1.29, 1.82) is 5.26 Å². The van der Waals surface area contributed by atoms with Gasteiger partial charge in [0.2, 0.25) is 10.0 Å². The Morgan fingerprint density at radius 3 is 2.47 bits per heavy atom. The second-order valence-electron chi connectivity index (χ2n) is 3.78. The van der Waals surface area contributed by atoms with Crippen molar-refractivity contribution in [1.82, 2.24) is 4.72 Å².